The molecule has 0 aliphatic heterocycles. The lowest BCUT2D eigenvalue weighted by molar-refractivity contribution is -0.234. The summed E-state index contributed by atoms with van der Waals surface area (Å²) < 4.78 is 15.6. The minimum atomic E-state index is -0.783. The van der Waals surface area contributed by atoms with Crippen LogP contribution in [0.2, 0.25) is 0 Å². The van der Waals surface area contributed by atoms with Crippen LogP contribution in [0.1, 0.15) is 17.0 Å². The highest BCUT2D eigenvalue weighted by Gasteiger charge is 2.18. The molecule has 0 atom stereocenters. The van der Waals surface area contributed by atoms with Gasteiger partial charge in [0.05, 0.1) is 5.52 Å². The summed E-state index contributed by atoms with van der Waals surface area (Å²) in [5.41, 5.74) is 4.14. The number of para-hydroxylation sites is 1. The lowest BCUT2D eigenvalue weighted by Gasteiger charge is -2.07. The van der Waals surface area contributed by atoms with Crippen LogP contribution in [-0.2, 0) is 22.6 Å². The first-order valence-corrected chi connectivity index (χ1v) is 8.53. The van der Waals surface area contributed by atoms with Gasteiger partial charge in [0.15, 0.2) is 0 Å². The predicted molar refractivity (Wildman–Crippen MR) is 99.9 cm³/mol. The van der Waals surface area contributed by atoms with Crippen LogP contribution >= 0.6 is 0 Å². The van der Waals surface area contributed by atoms with E-state index in [1.807, 2.05) is 43.3 Å². The second-order valence-corrected chi connectivity index (χ2v) is 6.45. The van der Waals surface area contributed by atoms with E-state index in [4.69, 9.17) is 10.2 Å². The summed E-state index contributed by atoms with van der Waals surface area (Å²) in [5, 5.41) is 10.4. The maximum atomic E-state index is 13.9. The van der Waals surface area contributed by atoms with Crippen LogP contribution < -0.4 is 0 Å². The van der Waals surface area contributed by atoms with Crippen molar-refractivity contribution >= 4 is 27.8 Å². The Kier molecular flexibility index (Phi) is 4.33. The van der Waals surface area contributed by atoms with Crippen molar-refractivity contribution in [2.75, 3.05) is 0 Å². The molecular formula is C21H17FN2O3. The Bertz CT molecular complexity index is 1170. The Morgan fingerprint density at radius 1 is 1.19 bits per heavy atom. The molecule has 0 saturated carbocycles. The lowest BCUT2D eigenvalue weighted by atomic mass is 10.0. The van der Waals surface area contributed by atoms with Gasteiger partial charge in [-0.25, -0.2) is 9.18 Å². The number of benzene rings is 2. The Balaban J connectivity index is 1.83. The zero-order valence-electron chi connectivity index (χ0n) is 14.6. The molecule has 2 heterocycles. The molecule has 0 radical (unpaired) electrons. The summed E-state index contributed by atoms with van der Waals surface area (Å²) in [4.78, 5) is 20.1. The van der Waals surface area contributed by atoms with Crippen molar-refractivity contribution in [1.82, 2.24) is 9.55 Å². The first kappa shape index (κ1) is 17.2. The molecule has 2 aromatic heterocycles. The highest BCUT2D eigenvalue weighted by Crippen LogP contribution is 2.29. The van der Waals surface area contributed by atoms with Crippen LogP contribution in [-0.4, -0.2) is 20.8 Å². The Labute approximate surface area is 154 Å². The molecule has 0 aliphatic rings. The van der Waals surface area contributed by atoms with Crippen molar-refractivity contribution < 1.29 is 19.3 Å². The molecule has 0 fully saturated rings. The average Bonchev–Trinajstić information content (AvgIpc) is 2.93. The first-order chi connectivity index (χ1) is 13.1. The van der Waals surface area contributed by atoms with Gasteiger partial charge in [0.2, 0.25) is 0 Å². The monoisotopic (exact) mass is 364 g/mol. The Morgan fingerprint density at radius 3 is 2.81 bits per heavy atom. The molecule has 0 aliphatic carbocycles. The second kappa shape index (κ2) is 6.81. The number of hydrogen-bond acceptors (Lipinski definition) is 4. The van der Waals surface area contributed by atoms with Crippen molar-refractivity contribution in [2.45, 2.75) is 19.9 Å². The maximum Gasteiger partial charge on any atom is 0.361 e. The molecular weight excluding hydrogens is 347 g/mol. The summed E-state index contributed by atoms with van der Waals surface area (Å²) >= 11 is 0. The smallest absolute Gasteiger partial charge is 0.333 e. The molecule has 4 rings (SSSR count). The molecule has 27 heavy (non-hydrogen) atoms. The Morgan fingerprint density at radius 2 is 2.00 bits per heavy atom. The fourth-order valence-electron chi connectivity index (χ4n) is 3.50. The second-order valence-electron chi connectivity index (χ2n) is 6.45. The molecule has 4 aromatic rings. The van der Waals surface area contributed by atoms with Gasteiger partial charge < -0.3 is 4.57 Å². The van der Waals surface area contributed by atoms with Crippen molar-refractivity contribution in [3.05, 3.63) is 77.4 Å². The van der Waals surface area contributed by atoms with Gasteiger partial charge in [-0.15, -0.1) is 0 Å². The lowest BCUT2D eigenvalue weighted by Crippen LogP contribution is -2.13. The number of hydrogen-bond donors (Lipinski definition) is 1. The van der Waals surface area contributed by atoms with Gasteiger partial charge in [-0.1, -0.05) is 24.3 Å². The zero-order valence-corrected chi connectivity index (χ0v) is 14.6. The molecule has 2 aromatic carbocycles. The SMILES string of the molecule is Cc1c(Cc2ccc3ccccc3n2)c2cc(F)ccc2n1CC(=O)OO. The highest BCUT2D eigenvalue weighted by molar-refractivity contribution is 5.87. The van der Waals surface area contributed by atoms with E-state index in [0.717, 1.165) is 27.9 Å². The van der Waals surface area contributed by atoms with E-state index in [1.54, 1.807) is 10.6 Å². The fraction of sp³-hybridized carbons (Fsp3) is 0.143. The number of rotatable bonds is 4. The number of aromatic nitrogens is 2. The minimum Gasteiger partial charge on any atom is -0.333 e. The van der Waals surface area contributed by atoms with E-state index in [0.29, 0.717) is 17.3 Å². The number of nitrogens with zero attached hydrogens (tertiary/aromatic N) is 2. The van der Waals surface area contributed by atoms with E-state index in [9.17, 15) is 9.18 Å². The van der Waals surface area contributed by atoms with Crippen LogP contribution in [0.4, 0.5) is 4.39 Å². The van der Waals surface area contributed by atoms with Crippen LogP contribution in [0.15, 0.2) is 54.6 Å². The molecule has 6 heteroatoms. The van der Waals surface area contributed by atoms with Gasteiger partial charge in [0.1, 0.15) is 12.4 Å². The van der Waals surface area contributed by atoms with Crippen LogP contribution in [0.3, 0.4) is 0 Å². The van der Waals surface area contributed by atoms with Crippen molar-refractivity contribution in [1.29, 1.82) is 0 Å². The summed E-state index contributed by atoms with van der Waals surface area (Å²) in [6.45, 7) is 1.70. The number of pyridine rings is 1. The van der Waals surface area contributed by atoms with E-state index < -0.39 is 5.97 Å². The van der Waals surface area contributed by atoms with Gasteiger partial charge in [-0.3, -0.25) is 9.87 Å². The Hall–Kier alpha value is -3.25. The number of carbonyl (C=O) groups excluding carboxylic acids is 1. The normalized spacial score (nSPS) is 11.2. The molecule has 1 N–H and O–H groups in total. The van der Waals surface area contributed by atoms with Crippen LogP contribution in [0, 0.1) is 12.7 Å². The molecule has 0 saturated heterocycles. The third-order valence-electron chi connectivity index (χ3n) is 4.82. The quantitative estimate of drug-likeness (QED) is 0.434. The van der Waals surface area contributed by atoms with Gasteiger partial charge in [0.25, 0.3) is 0 Å². The maximum absolute atomic E-state index is 13.9. The van der Waals surface area contributed by atoms with E-state index in [1.165, 1.54) is 12.1 Å². The molecule has 0 bridgehead atoms. The van der Waals surface area contributed by atoms with E-state index >= 15 is 0 Å². The summed E-state index contributed by atoms with van der Waals surface area (Å²) in [5.74, 6) is -1.13. The van der Waals surface area contributed by atoms with Crippen molar-refractivity contribution in [2.24, 2.45) is 0 Å². The number of fused-ring (bicyclic) bond motifs is 2. The minimum absolute atomic E-state index is 0.157. The summed E-state index contributed by atoms with van der Waals surface area (Å²) in [6, 6.07) is 16.2. The van der Waals surface area contributed by atoms with Gasteiger partial charge in [-0.05, 0) is 42.8 Å². The largest absolute Gasteiger partial charge is 0.361 e. The van der Waals surface area contributed by atoms with E-state index in [-0.39, 0.29) is 12.4 Å². The van der Waals surface area contributed by atoms with Gasteiger partial charge >= 0.3 is 5.97 Å². The molecule has 0 unspecified atom stereocenters. The first-order valence-electron chi connectivity index (χ1n) is 8.53. The van der Waals surface area contributed by atoms with Crippen LogP contribution in [0.25, 0.3) is 21.8 Å². The summed E-state index contributed by atoms with van der Waals surface area (Å²) in [6.07, 6.45) is 0.498. The van der Waals surface area contributed by atoms with Crippen molar-refractivity contribution in [3.8, 4) is 0 Å². The molecule has 5 nitrogen and oxygen atoms in total. The predicted octanol–water partition coefficient (Wildman–Crippen LogP) is 4.24. The standard InChI is InChI=1S/C21H17FN2O3/c1-13-17(11-16-8-6-14-4-2-3-5-19(14)23-16)18-10-15(22)7-9-20(18)24(13)12-21(25)27-26/h2-10,26H,11-12H2,1H3. The van der Waals surface area contributed by atoms with E-state index in [2.05, 4.69) is 4.89 Å². The number of halogens is 1. The highest BCUT2D eigenvalue weighted by atomic mass is 19.1. The third-order valence-corrected chi connectivity index (χ3v) is 4.82. The fourth-order valence-corrected chi connectivity index (χ4v) is 3.50. The molecule has 0 spiro atoms. The third kappa shape index (κ3) is 3.15. The van der Waals surface area contributed by atoms with Crippen LogP contribution in [0.5, 0.6) is 0 Å². The van der Waals surface area contributed by atoms with Gasteiger partial charge in [-0.2, -0.15) is 5.26 Å². The van der Waals surface area contributed by atoms with Crippen molar-refractivity contribution in [3.63, 3.8) is 0 Å². The number of carbonyl (C=O) groups is 1. The summed E-state index contributed by atoms with van der Waals surface area (Å²) in [7, 11) is 0. The topological polar surface area (TPSA) is 64.4 Å². The average molecular weight is 364 g/mol. The molecule has 136 valence electrons. The zero-order chi connectivity index (χ0) is 19.0. The molecule has 0 amide bonds. The van der Waals surface area contributed by atoms with Gasteiger partial charge in [0, 0.05) is 34.1 Å².